The molecule has 132 valence electrons. The number of aryl methyl sites for hydroxylation is 1. The van der Waals surface area contributed by atoms with Crippen molar-refractivity contribution in [3.05, 3.63) is 50.6 Å². The van der Waals surface area contributed by atoms with Gasteiger partial charge in [0.25, 0.3) is 5.91 Å². The number of nitrogens with zero attached hydrogens (tertiary/aromatic N) is 4. The van der Waals surface area contributed by atoms with Gasteiger partial charge in [-0.15, -0.1) is 0 Å². The molecule has 7 heteroatoms. The molecule has 0 atom stereocenters. The summed E-state index contributed by atoms with van der Waals surface area (Å²) >= 11 is 3.46. The highest BCUT2D eigenvalue weighted by Gasteiger charge is 2.34. The van der Waals surface area contributed by atoms with Crippen LogP contribution < -0.4 is 5.69 Å². The minimum Gasteiger partial charge on any atom is -0.339 e. The summed E-state index contributed by atoms with van der Waals surface area (Å²) in [5, 5.41) is 4.49. The number of carbonyl (C=O) groups excluding carboxylic acids is 1. The molecule has 6 nitrogen and oxygen atoms in total. The highest BCUT2D eigenvalue weighted by molar-refractivity contribution is 9.10. The van der Waals surface area contributed by atoms with Gasteiger partial charge in [-0.05, 0) is 53.7 Å². The van der Waals surface area contributed by atoms with Crippen molar-refractivity contribution in [2.24, 2.45) is 7.05 Å². The first-order valence-electron chi connectivity index (χ1n) is 8.75. The first-order valence-corrected chi connectivity index (χ1v) is 9.55. The maximum atomic E-state index is 12.7. The largest absolute Gasteiger partial charge is 0.345 e. The van der Waals surface area contributed by atoms with E-state index in [4.69, 9.17) is 0 Å². The Morgan fingerprint density at radius 2 is 1.84 bits per heavy atom. The monoisotopic (exact) mass is 404 g/mol. The highest BCUT2D eigenvalue weighted by atomic mass is 79.9. The summed E-state index contributed by atoms with van der Waals surface area (Å²) < 4.78 is 4.16. The van der Waals surface area contributed by atoms with E-state index in [1.54, 1.807) is 7.05 Å². The molecule has 2 heterocycles. The maximum absolute atomic E-state index is 12.7. The number of piperidine rings is 1. The lowest BCUT2D eigenvalue weighted by atomic mass is 9.95. The van der Waals surface area contributed by atoms with E-state index in [-0.39, 0.29) is 17.5 Å². The van der Waals surface area contributed by atoms with Gasteiger partial charge in [0.1, 0.15) is 5.82 Å². The van der Waals surface area contributed by atoms with Crippen LogP contribution in [-0.4, -0.2) is 38.2 Å². The first-order chi connectivity index (χ1) is 12.1. The van der Waals surface area contributed by atoms with Gasteiger partial charge in [-0.25, -0.2) is 9.48 Å². The predicted octanol–water partition coefficient (Wildman–Crippen LogP) is 2.70. The number of halogens is 1. The molecule has 25 heavy (non-hydrogen) atoms. The lowest BCUT2D eigenvalue weighted by Gasteiger charge is -2.32. The SMILES string of the molecule is Cn1nc(C2CCN(C(=O)c3ccccc3Br)CC2)n(C2CC2)c1=O. The lowest BCUT2D eigenvalue weighted by Crippen LogP contribution is -2.38. The minimum atomic E-state index is -0.00998. The van der Waals surface area contributed by atoms with Gasteiger partial charge in [0.05, 0.1) is 5.56 Å². The van der Waals surface area contributed by atoms with Crippen LogP contribution in [0.5, 0.6) is 0 Å². The number of benzene rings is 1. The lowest BCUT2D eigenvalue weighted by molar-refractivity contribution is 0.0709. The second-order valence-corrected chi connectivity index (χ2v) is 7.77. The molecule has 0 bridgehead atoms. The molecule has 2 aliphatic rings. The Bertz CT molecular complexity index is 860. The van der Waals surface area contributed by atoms with Crippen LogP contribution in [0.4, 0.5) is 0 Å². The number of hydrogen-bond donors (Lipinski definition) is 0. The highest BCUT2D eigenvalue weighted by Crippen LogP contribution is 2.37. The van der Waals surface area contributed by atoms with Crippen LogP contribution in [0.3, 0.4) is 0 Å². The first kappa shape index (κ1) is 16.6. The summed E-state index contributed by atoms with van der Waals surface area (Å²) in [6.07, 6.45) is 3.83. The molecular formula is C18H21BrN4O2. The average molecular weight is 405 g/mol. The Morgan fingerprint density at radius 1 is 1.16 bits per heavy atom. The van der Waals surface area contributed by atoms with Gasteiger partial charge >= 0.3 is 5.69 Å². The number of amides is 1. The second kappa shape index (κ2) is 6.44. The number of carbonyl (C=O) groups is 1. The van der Waals surface area contributed by atoms with Crippen molar-refractivity contribution in [3.63, 3.8) is 0 Å². The smallest absolute Gasteiger partial charge is 0.339 e. The van der Waals surface area contributed by atoms with Crippen molar-refractivity contribution in [1.82, 2.24) is 19.2 Å². The van der Waals surface area contributed by atoms with E-state index in [1.165, 1.54) is 4.68 Å². The molecule has 0 radical (unpaired) electrons. The Hall–Kier alpha value is -1.89. The standard InChI is InChI=1S/C18H21BrN4O2/c1-21-18(25)23(13-6-7-13)16(20-21)12-8-10-22(11-9-12)17(24)14-4-2-3-5-15(14)19/h2-5,12-13H,6-11H2,1H3. The predicted molar refractivity (Wildman–Crippen MR) is 97.8 cm³/mol. The van der Waals surface area contributed by atoms with Gasteiger partial charge in [-0.2, -0.15) is 5.10 Å². The van der Waals surface area contributed by atoms with Crippen LogP contribution in [0, 0.1) is 0 Å². The molecular weight excluding hydrogens is 384 g/mol. The van der Waals surface area contributed by atoms with Crippen LogP contribution in [0.15, 0.2) is 33.5 Å². The van der Waals surface area contributed by atoms with E-state index in [0.29, 0.717) is 24.7 Å². The van der Waals surface area contributed by atoms with E-state index in [0.717, 1.165) is 36.0 Å². The van der Waals surface area contributed by atoms with Gasteiger partial charge in [-0.1, -0.05) is 12.1 Å². The van der Waals surface area contributed by atoms with E-state index in [9.17, 15) is 9.59 Å². The van der Waals surface area contributed by atoms with Crippen molar-refractivity contribution < 1.29 is 4.79 Å². The molecule has 1 aromatic carbocycles. The zero-order chi connectivity index (χ0) is 17.6. The maximum Gasteiger partial charge on any atom is 0.345 e. The Kier molecular flexibility index (Phi) is 4.27. The molecule has 1 aliphatic carbocycles. The molecule has 0 N–H and O–H groups in total. The van der Waals surface area contributed by atoms with E-state index in [1.807, 2.05) is 33.7 Å². The number of likely N-dealkylation sites (tertiary alicyclic amines) is 1. The number of hydrogen-bond acceptors (Lipinski definition) is 3. The summed E-state index contributed by atoms with van der Waals surface area (Å²) in [4.78, 5) is 26.9. The molecule has 1 saturated heterocycles. The zero-order valence-electron chi connectivity index (χ0n) is 14.2. The third-order valence-corrected chi connectivity index (χ3v) is 5.84. The fourth-order valence-electron chi connectivity index (χ4n) is 3.60. The quantitative estimate of drug-likeness (QED) is 0.789. The number of rotatable bonds is 3. The van der Waals surface area contributed by atoms with Crippen molar-refractivity contribution in [3.8, 4) is 0 Å². The molecule has 1 aromatic heterocycles. The normalized spacial score (nSPS) is 18.6. The van der Waals surface area contributed by atoms with Gasteiger partial charge in [0, 0.05) is 36.6 Å². The summed E-state index contributed by atoms with van der Waals surface area (Å²) in [6, 6.07) is 7.86. The molecule has 2 fully saturated rings. The van der Waals surface area contributed by atoms with Gasteiger partial charge in [0.15, 0.2) is 0 Å². The second-order valence-electron chi connectivity index (χ2n) is 6.91. The van der Waals surface area contributed by atoms with Crippen LogP contribution in [0.2, 0.25) is 0 Å². The Balaban J connectivity index is 1.49. The minimum absolute atomic E-state index is 0.00998. The average Bonchev–Trinajstić information content (AvgIpc) is 3.41. The summed E-state index contributed by atoms with van der Waals surface area (Å²) in [5.74, 6) is 1.22. The fraction of sp³-hybridized carbons (Fsp3) is 0.500. The van der Waals surface area contributed by atoms with Gasteiger partial charge < -0.3 is 4.90 Å². The van der Waals surface area contributed by atoms with E-state index < -0.39 is 0 Å². The third kappa shape index (κ3) is 3.05. The molecule has 0 unspecified atom stereocenters. The van der Waals surface area contributed by atoms with Crippen molar-refractivity contribution in [1.29, 1.82) is 0 Å². The van der Waals surface area contributed by atoms with Gasteiger partial charge in [-0.3, -0.25) is 9.36 Å². The molecule has 1 amide bonds. The Morgan fingerprint density at radius 3 is 2.48 bits per heavy atom. The molecule has 1 aliphatic heterocycles. The van der Waals surface area contributed by atoms with Crippen LogP contribution in [0.25, 0.3) is 0 Å². The third-order valence-electron chi connectivity index (χ3n) is 5.15. The van der Waals surface area contributed by atoms with Crippen molar-refractivity contribution in [2.75, 3.05) is 13.1 Å². The fourth-order valence-corrected chi connectivity index (χ4v) is 4.05. The van der Waals surface area contributed by atoms with Crippen LogP contribution >= 0.6 is 15.9 Å². The molecule has 0 spiro atoms. The van der Waals surface area contributed by atoms with Crippen molar-refractivity contribution >= 4 is 21.8 Å². The zero-order valence-corrected chi connectivity index (χ0v) is 15.8. The van der Waals surface area contributed by atoms with Crippen molar-refractivity contribution in [2.45, 2.75) is 37.6 Å². The van der Waals surface area contributed by atoms with Crippen LogP contribution in [0.1, 0.15) is 53.8 Å². The molecule has 1 saturated carbocycles. The van der Waals surface area contributed by atoms with E-state index >= 15 is 0 Å². The summed E-state index contributed by atoms with van der Waals surface area (Å²) in [5.41, 5.74) is 0.692. The number of aromatic nitrogens is 3. The Labute approximate surface area is 154 Å². The summed E-state index contributed by atoms with van der Waals surface area (Å²) in [7, 11) is 1.72. The van der Waals surface area contributed by atoms with Gasteiger partial charge in [0.2, 0.25) is 0 Å². The molecule has 2 aromatic rings. The summed E-state index contributed by atoms with van der Waals surface area (Å²) in [6.45, 7) is 1.39. The van der Waals surface area contributed by atoms with Crippen LogP contribution in [-0.2, 0) is 7.05 Å². The molecule has 4 rings (SSSR count). The van der Waals surface area contributed by atoms with E-state index in [2.05, 4.69) is 21.0 Å². The topological polar surface area (TPSA) is 60.1 Å².